The number of carboxylic acid groups (broad SMARTS) is 1. The summed E-state index contributed by atoms with van der Waals surface area (Å²) >= 11 is 0. The molecule has 2 unspecified atom stereocenters. The van der Waals surface area contributed by atoms with E-state index in [4.69, 9.17) is 9.99 Å². The van der Waals surface area contributed by atoms with Crippen molar-refractivity contribution < 1.29 is 24.5 Å². The lowest BCUT2D eigenvalue weighted by atomic mass is 10.2. The van der Waals surface area contributed by atoms with Gasteiger partial charge in [0.1, 0.15) is 6.54 Å². The monoisotopic (exact) mass is 435 g/mol. The summed E-state index contributed by atoms with van der Waals surface area (Å²) in [6.07, 6.45) is 5.83. The molecule has 1 saturated heterocycles. The zero-order valence-electron chi connectivity index (χ0n) is 15.9. The summed E-state index contributed by atoms with van der Waals surface area (Å²) in [6, 6.07) is 9.58. The number of aliphatic carboxylic acids is 1. The van der Waals surface area contributed by atoms with Crippen LogP contribution in [0.15, 0.2) is 70.5 Å². The number of aromatic nitrogens is 2. The highest BCUT2D eigenvalue weighted by molar-refractivity contribution is 5.84. The van der Waals surface area contributed by atoms with Gasteiger partial charge in [-0.3, -0.25) is 19.2 Å². The quantitative estimate of drug-likeness (QED) is 0.557. The molecular formula is C21H29N3O7. The van der Waals surface area contributed by atoms with E-state index in [9.17, 15) is 19.2 Å². The average molecular weight is 435 g/mol. The maximum absolute atomic E-state index is 11.1. The molecule has 0 aromatic carbocycles. The van der Waals surface area contributed by atoms with Crippen molar-refractivity contribution in [3.8, 4) is 0 Å². The second-order valence-corrected chi connectivity index (χ2v) is 6.05. The fourth-order valence-corrected chi connectivity index (χ4v) is 2.26. The second-order valence-electron chi connectivity index (χ2n) is 6.05. The van der Waals surface area contributed by atoms with E-state index >= 15 is 0 Å². The Morgan fingerprint density at radius 2 is 1.55 bits per heavy atom. The van der Waals surface area contributed by atoms with Crippen LogP contribution in [-0.2, 0) is 33.0 Å². The van der Waals surface area contributed by atoms with Crippen molar-refractivity contribution in [2.24, 2.45) is 7.05 Å². The number of carboxylic acids is 1. The molecule has 10 nitrogen and oxygen atoms in total. The van der Waals surface area contributed by atoms with Crippen molar-refractivity contribution in [3.63, 3.8) is 0 Å². The number of rotatable bonds is 2. The van der Waals surface area contributed by atoms with Gasteiger partial charge in [-0.15, -0.1) is 0 Å². The number of fused-ring (bicyclic) bond motifs is 2. The predicted molar refractivity (Wildman–Crippen MR) is 115 cm³/mol. The minimum atomic E-state index is -1.02. The van der Waals surface area contributed by atoms with Crippen LogP contribution in [0, 0.1) is 0 Å². The summed E-state index contributed by atoms with van der Waals surface area (Å²) in [5.41, 5.74) is -0.262. The SMILES string of the molecule is C.C.CN1C(=O)C2C=CC1OO2.Cn1ccccc1=O.O=C(O)Cn1ccccc1=O. The lowest BCUT2D eigenvalue weighted by molar-refractivity contribution is -0.373. The third-order valence-corrected chi connectivity index (χ3v) is 3.89. The maximum Gasteiger partial charge on any atom is 0.323 e. The minimum absolute atomic E-state index is 0. The fourth-order valence-electron chi connectivity index (χ4n) is 2.26. The molecule has 3 aliphatic heterocycles. The number of hydrogen-bond acceptors (Lipinski definition) is 6. The molecule has 0 spiro atoms. The molecule has 5 rings (SSSR count). The van der Waals surface area contributed by atoms with Crippen molar-refractivity contribution in [1.29, 1.82) is 0 Å². The van der Waals surface area contributed by atoms with Crippen molar-refractivity contribution in [1.82, 2.24) is 14.0 Å². The van der Waals surface area contributed by atoms with Gasteiger partial charge in [-0.1, -0.05) is 27.0 Å². The van der Waals surface area contributed by atoms with Gasteiger partial charge in [0.25, 0.3) is 11.5 Å². The van der Waals surface area contributed by atoms with E-state index in [-0.39, 0.29) is 44.7 Å². The van der Waals surface area contributed by atoms with Crippen LogP contribution < -0.4 is 11.1 Å². The lowest BCUT2D eigenvalue weighted by Crippen LogP contribution is -2.52. The molecule has 170 valence electrons. The van der Waals surface area contributed by atoms with Gasteiger partial charge in [-0.05, 0) is 24.3 Å². The van der Waals surface area contributed by atoms with Crippen LogP contribution in [0.5, 0.6) is 0 Å². The maximum atomic E-state index is 11.1. The molecule has 31 heavy (non-hydrogen) atoms. The third-order valence-electron chi connectivity index (χ3n) is 3.89. The first-order valence-electron chi connectivity index (χ1n) is 8.55. The highest BCUT2D eigenvalue weighted by atomic mass is 17.2. The van der Waals surface area contributed by atoms with Gasteiger partial charge in [0.05, 0.1) is 0 Å². The molecule has 0 aliphatic carbocycles. The molecule has 2 atom stereocenters. The zero-order valence-corrected chi connectivity index (χ0v) is 15.9. The number of nitrogens with zero attached hydrogens (tertiary/aromatic N) is 3. The van der Waals surface area contributed by atoms with Crippen molar-refractivity contribution in [3.05, 3.63) is 81.7 Å². The van der Waals surface area contributed by atoms with E-state index in [1.807, 2.05) is 6.07 Å². The summed E-state index contributed by atoms with van der Waals surface area (Å²) in [4.78, 5) is 53.6. The molecule has 2 aromatic heterocycles. The van der Waals surface area contributed by atoms with Gasteiger partial charge in [0.2, 0.25) is 5.56 Å². The van der Waals surface area contributed by atoms with Gasteiger partial charge in [0.15, 0.2) is 12.3 Å². The summed E-state index contributed by atoms with van der Waals surface area (Å²) in [5.74, 6) is -1.06. The summed E-state index contributed by atoms with van der Waals surface area (Å²) in [7, 11) is 3.41. The standard InChI is InChI=1S/C7H7NO3.C6H7NO3.C6H7NO.2CH4/c9-6-3-1-2-4-8(6)5-7(10)11;1-7-5-3-2-4(6(7)8)9-10-5;1-7-5-3-2-4-6(7)8;;/h1-4H,5H2,(H,10,11);2-5H,1H3;2-5H,1H3;2*1H4. The molecule has 5 heterocycles. The molecule has 1 fully saturated rings. The highest BCUT2D eigenvalue weighted by Crippen LogP contribution is 2.20. The number of carbonyl (C=O) groups is 2. The van der Waals surface area contributed by atoms with Crippen LogP contribution in [0.1, 0.15) is 14.9 Å². The fraction of sp³-hybridized carbons (Fsp3) is 0.333. The van der Waals surface area contributed by atoms with Crippen LogP contribution in [0.4, 0.5) is 0 Å². The molecule has 1 amide bonds. The van der Waals surface area contributed by atoms with E-state index in [2.05, 4.69) is 4.89 Å². The topological polar surface area (TPSA) is 120 Å². The Kier molecular flexibility index (Phi) is 11.5. The van der Waals surface area contributed by atoms with Crippen molar-refractivity contribution in [2.45, 2.75) is 33.7 Å². The molecule has 2 aromatic rings. The average Bonchev–Trinajstić information content (AvgIpc) is 2.71. The Balaban J connectivity index is 0.000000426. The van der Waals surface area contributed by atoms with Gasteiger partial charge < -0.3 is 19.1 Å². The number of aryl methyl sites for hydroxylation is 1. The van der Waals surface area contributed by atoms with Gasteiger partial charge >= 0.3 is 5.97 Å². The normalized spacial score (nSPS) is 17.7. The first-order valence-corrected chi connectivity index (χ1v) is 8.55. The predicted octanol–water partition coefficient (Wildman–Crippen LogP) is 1.26. The van der Waals surface area contributed by atoms with E-state index < -0.39 is 12.1 Å². The van der Waals surface area contributed by atoms with E-state index in [1.165, 1.54) is 27.8 Å². The van der Waals surface area contributed by atoms with Crippen LogP contribution in [0.2, 0.25) is 0 Å². The first kappa shape index (κ1) is 27.5. The molecule has 0 radical (unpaired) electrons. The van der Waals surface area contributed by atoms with Gasteiger partial charge in [-0.2, -0.15) is 0 Å². The molecule has 2 bridgehead atoms. The Hall–Kier alpha value is -3.50. The molecule has 10 heteroatoms. The van der Waals surface area contributed by atoms with Crippen molar-refractivity contribution >= 4 is 11.9 Å². The lowest BCUT2D eigenvalue weighted by Gasteiger charge is -2.36. The largest absolute Gasteiger partial charge is 0.480 e. The summed E-state index contributed by atoms with van der Waals surface area (Å²) in [5, 5.41) is 8.33. The molecule has 3 aliphatic rings. The number of amides is 1. The van der Waals surface area contributed by atoms with Gasteiger partial charge in [0, 0.05) is 38.6 Å². The summed E-state index contributed by atoms with van der Waals surface area (Å²) < 4.78 is 2.66. The molecule has 1 N–H and O–H groups in total. The van der Waals surface area contributed by atoms with Crippen LogP contribution in [-0.4, -0.2) is 50.4 Å². The zero-order chi connectivity index (χ0) is 21.4. The third kappa shape index (κ3) is 8.03. The van der Waals surface area contributed by atoms with E-state index in [0.717, 1.165) is 4.57 Å². The van der Waals surface area contributed by atoms with Crippen molar-refractivity contribution in [2.75, 3.05) is 7.05 Å². The van der Waals surface area contributed by atoms with Crippen LogP contribution in [0.25, 0.3) is 0 Å². The van der Waals surface area contributed by atoms with Crippen LogP contribution >= 0.6 is 0 Å². The Morgan fingerprint density at radius 3 is 1.90 bits per heavy atom. The number of carbonyl (C=O) groups excluding carboxylic acids is 1. The Labute approximate surface area is 180 Å². The molecular weight excluding hydrogens is 406 g/mol. The Bertz CT molecular complexity index is 996. The highest BCUT2D eigenvalue weighted by Gasteiger charge is 2.36. The number of likely N-dealkylation sites (N-methyl/N-ethyl adjacent to an activating group) is 1. The first-order chi connectivity index (χ1) is 13.8. The molecule has 0 saturated carbocycles. The second kappa shape index (κ2) is 12.9. The number of pyridine rings is 2. The Morgan fingerprint density at radius 1 is 0.935 bits per heavy atom. The van der Waals surface area contributed by atoms with E-state index in [1.54, 1.807) is 50.6 Å². The van der Waals surface area contributed by atoms with Gasteiger partial charge in [-0.25, -0.2) is 9.78 Å². The smallest absolute Gasteiger partial charge is 0.323 e. The number of hydrogen-bond donors (Lipinski definition) is 1. The van der Waals surface area contributed by atoms with Crippen LogP contribution in [0.3, 0.4) is 0 Å². The minimum Gasteiger partial charge on any atom is -0.480 e. The summed E-state index contributed by atoms with van der Waals surface area (Å²) in [6.45, 7) is -0.278. The van der Waals surface area contributed by atoms with E-state index in [0.29, 0.717) is 0 Å².